The largest absolute Gasteiger partial charge is 0.507 e. The van der Waals surface area contributed by atoms with Crippen LogP contribution in [-0.2, 0) is 5.41 Å². The fraction of sp³-hybridized carbons (Fsp3) is 0.286. The maximum Gasteiger partial charge on any atom is 0.196 e. The summed E-state index contributed by atoms with van der Waals surface area (Å²) in [5.74, 6) is -0.809. The van der Waals surface area contributed by atoms with E-state index in [-0.39, 0.29) is 22.1 Å². The van der Waals surface area contributed by atoms with Gasteiger partial charge >= 0.3 is 0 Å². The van der Waals surface area contributed by atoms with Gasteiger partial charge in [0, 0.05) is 16.0 Å². The van der Waals surface area contributed by atoms with Gasteiger partial charge in [-0.05, 0) is 11.0 Å². The van der Waals surface area contributed by atoms with E-state index in [0.717, 1.165) is 5.56 Å². The standard InChI is InChI=1S/C14H18O4Si/c1-14(2,3)8-6-4-5-7-9(8)11(16)12(17)13(19-18)10(7)15/h4-6,15-18H,19H2,1-3H3. The van der Waals surface area contributed by atoms with Crippen LogP contribution < -0.4 is 5.19 Å². The number of rotatable bonds is 1. The molecule has 0 unspecified atom stereocenters. The molecule has 0 fully saturated rings. The third kappa shape index (κ3) is 2.05. The molecule has 4 N–H and O–H groups in total. The molecule has 5 heteroatoms. The number of phenols is 3. The Hall–Kier alpha value is -1.72. The minimum absolute atomic E-state index is 0.0797. The van der Waals surface area contributed by atoms with Crippen LogP contribution in [0, 0.1) is 0 Å². The Morgan fingerprint density at radius 1 is 0.947 bits per heavy atom. The molecule has 0 bridgehead atoms. The summed E-state index contributed by atoms with van der Waals surface area (Å²) in [5, 5.41) is 31.2. The first kappa shape index (κ1) is 13.7. The summed E-state index contributed by atoms with van der Waals surface area (Å²) in [4.78, 5) is 9.32. The van der Waals surface area contributed by atoms with Crippen molar-refractivity contribution in [1.82, 2.24) is 0 Å². The van der Waals surface area contributed by atoms with Crippen molar-refractivity contribution < 1.29 is 20.1 Å². The number of hydrogen-bond acceptors (Lipinski definition) is 4. The molecule has 0 saturated heterocycles. The molecule has 0 aliphatic carbocycles. The highest BCUT2D eigenvalue weighted by molar-refractivity contribution is 6.49. The van der Waals surface area contributed by atoms with E-state index >= 15 is 0 Å². The van der Waals surface area contributed by atoms with Crippen molar-refractivity contribution in [3.63, 3.8) is 0 Å². The van der Waals surface area contributed by atoms with Crippen LogP contribution in [0.3, 0.4) is 0 Å². The molecule has 0 aliphatic heterocycles. The lowest BCUT2D eigenvalue weighted by molar-refractivity contribution is 0.404. The molecule has 0 radical (unpaired) electrons. The summed E-state index contributed by atoms with van der Waals surface area (Å²) in [6.45, 7) is 5.97. The van der Waals surface area contributed by atoms with Crippen molar-refractivity contribution >= 4 is 25.7 Å². The third-order valence-corrected chi connectivity index (χ3v) is 4.30. The zero-order chi connectivity index (χ0) is 14.4. The van der Waals surface area contributed by atoms with Gasteiger partial charge in [-0.3, -0.25) is 0 Å². The molecule has 2 rings (SSSR count). The van der Waals surface area contributed by atoms with Crippen molar-refractivity contribution in [2.75, 3.05) is 0 Å². The predicted molar refractivity (Wildman–Crippen MR) is 78.0 cm³/mol. The van der Waals surface area contributed by atoms with Crippen LogP contribution in [0.2, 0.25) is 0 Å². The summed E-state index contributed by atoms with van der Waals surface area (Å²) in [6, 6.07) is 5.32. The van der Waals surface area contributed by atoms with Crippen LogP contribution in [-0.4, -0.2) is 29.9 Å². The Morgan fingerprint density at radius 2 is 1.58 bits per heavy atom. The average Bonchev–Trinajstić information content (AvgIpc) is 2.35. The van der Waals surface area contributed by atoms with E-state index in [0.29, 0.717) is 10.8 Å². The quantitative estimate of drug-likeness (QED) is 0.356. The van der Waals surface area contributed by atoms with Gasteiger partial charge in [0.15, 0.2) is 21.3 Å². The Balaban J connectivity index is 3.00. The van der Waals surface area contributed by atoms with Crippen LogP contribution >= 0.6 is 0 Å². The fourth-order valence-corrected chi connectivity index (χ4v) is 2.97. The first-order valence-electron chi connectivity index (χ1n) is 6.08. The topological polar surface area (TPSA) is 80.9 Å². The van der Waals surface area contributed by atoms with E-state index in [2.05, 4.69) is 0 Å². The Morgan fingerprint density at radius 3 is 2.11 bits per heavy atom. The zero-order valence-electron chi connectivity index (χ0n) is 11.2. The molecule has 0 atom stereocenters. The van der Waals surface area contributed by atoms with Crippen molar-refractivity contribution in [2.24, 2.45) is 0 Å². The second kappa shape index (κ2) is 4.43. The normalized spacial score (nSPS) is 12.6. The highest BCUT2D eigenvalue weighted by atomic mass is 28.2. The van der Waals surface area contributed by atoms with Gasteiger partial charge in [0.25, 0.3) is 0 Å². The Kier molecular flexibility index (Phi) is 3.20. The van der Waals surface area contributed by atoms with Gasteiger partial charge in [-0.15, -0.1) is 0 Å². The van der Waals surface area contributed by atoms with Gasteiger partial charge in [0.2, 0.25) is 0 Å². The lowest BCUT2D eigenvalue weighted by Gasteiger charge is -2.23. The summed E-state index contributed by atoms with van der Waals surface area (Å²) in [5.41, 5.74) is 0.591. The van der Waals surface area contributed by atoms with E-state index in [9.17, 15) is 20.1 Å². The molecule has 0 aromatic heterocycles. The van der Waals surface area contributed by atoms with Gasteiger partial charge in [0.05, 0.1) is 0 Å². The maximum atomic E-state index is 10.2. The van der Waals surface area contributed by atoms with Crippen LogP contribution in [0.4, 0.5) is 0 Å². The molecule has 0 saturated carbocycles. The maximum absolute atomic E-state index is 10.2. The van der Waals surface area contributed by atoms with E-state index in [1.807, 2.05) is 26.8 Å². The van der Waals surface area contributed by atoms with Crippen molar-refractivity contribution in [3.8, 4) is 17.2 Å². The molecule has 0 aliphatic rings. The van der Waals surface area contributed by atoms with Gasteiger partial charge < -0.3 is 20.1 Å². The minimum Gasteiger partial charge on any atom is -0.507 e. The highest BCUT2D eigenvalue weighted by Crippen LogP contribution is 2.42. The van der Waals surface area contributed by atoms with Gasteiger partial charge in [0.1, 0.15) is 5.75 Å². The van der Waals surface area contributed by atoms with Crippen molar-refractivity contribution in [3.05, 3.63) is 23.8 Å². The molecule has 2 aromatic rings. The van der Waals surface area contributed by atoms with E-state index in [4.69, 9.17) is 0 Å². The smallest absolute Gasteiger partial charge is 0.196 e. The summed E-state index contributed by atoms with van der Waals surface area (Å²) in [6.07, 6.45) is 0. The molecule has 0 heterocycles. The number of phenolic OH excluding ortho intramolecular Hbond substituents is 3. The van der Waals surface area contributed by atoms with E-state index in [1.165, 1.54) is 0 Å². The van der Waals surface area contributed by atoms with Crippen LogP contribution in [0.25, 0.3) is 10.8 Å². The number of fused-ring (bicyclic) bond motifs is 1. The second-order valence-corrected chi connectivity index (χ2v) is 6.68. The van der Waals surface area contributed by atoms with Crippen molar-refractivity contribution in [1.29, 1.82) is 0 Å². The molecular formula is C14H18O4Si. The van der Waals surface area contributed by atoms with Crippen LogP contribution in [0.1, 0.15) is 26.3 Å². The van der Waals surface area contributed by atoms with E-state index in [1.54, 1.807) is 12.1 Å². The number of benzene rings is 2. The summed E-state index contributed by atoms with van der Waals surface area (Å²) < 4.78 is 0. The van der Waals surface area contributed by atoms with Gasteiger partial charge in [-0.25, -0.2) is 0 Å². The zero-order valence-corrected chi connectivity index (χ0v) is 12.6. The predicted octanol–water partition coefficient (Wildman–Crippen LogP) is 0.956. The highest BCUT2D eigenvalue weighted by Gasteiger charge is 2.24. The molecule has 2 aromatic carbocycles. The molecule has 0 spiro atoms. The van der Waals surface area contributed by atoms with Crippen LogP contribution in [0.15, 0.2) is 18.2 Å². The lowest BCUT2D eigenvalue weighted by atomic mass is 9.83. The second-order valence-electron chi connectivity index (χ2n) is 5.66. The van der Waals surface area contributed by atoms with Gasteiger partial charge in [-0.2, -0.15) is 0 Å². The first-order valence-corrected chi connectivity index (χ1v) is 7.42. The monoisotopic (exact) mass is 278 g/mol. The van der Waals surface area contributed by atoms with Crippen molar-refractivity contribution in [2.45, 2.75) is 26.2 Å². The third-order valence-electron chi connectivity index (χ3n) is 3.32. The first-order chi connectivity index (χ1) is 8.79. The Bertz CT molecular complexity index is 644. The SMILES string of the molecule is CC(C)(C)c1cccc2c(O)c([SiH2]O)c(O)c(O)c12. The fourth-order valence-electron chi connectivity index (χ4n) is 2.32. The molecule has 102 valence electrons. The van der Waals surface area contributed by atoms with Gasteiger partial charge in [-0.1, -0.05) is 39.0 Å². The minimum atomic E-state index is -1.78. The lowest BCUT2D eigenvalue weighted by Crippen LogP contribution is -2.17. The van der Waals surface area contributed by atoms with E-state index < -0.39 is 15.5 Å². The summed E-state index contributed by atoms with van der Waals surface area (Å²) >= 11 is 0. The summed E-state index contributed by atoms with van der Waals surface area (Å²) in [7, 11) is -1.78. The average molecular weight is 278 g/mol. The molecule has 19 heavy (non-hydrogen) atoms. The Labute approximate surface area is 113 Å². The number of aromatic hydroxyl groups is 3. The molecular weight excluding hydrogens is 260 g/mol. The van der Waals surface area contributed by atoms with Crippen LogP contribution in [0.5, 0.6) is 17.2 Å². The molecule has 4 nitrogen and oxygen atoms in total. The number of hydrogen-bond donors (Lipinski definition) is 4. The molecule has 0 amide bonds.